The van der Waals surface area contributed by atoms with E-state index in [2.05, 4.69) is 10.1 Å². The summed E-state index contributed by atoms with van der Waals surface area (Å²) < 4.78 is 1.73. The first-order valence-corrected chi connectivity index (χ1v) is 3.61. The lowest BCUT2D eigenvalue weighted by Crippen LogP contribution is -1.99. The van der Waals surface area contributed by atoms with Crippen molar-refractivity contribution in [2.24, 2.45) is 7.05 Å². The Morgan fingerprint density at radius 3 is 3.09 bits per heavy atom. The molecule has 1 heterocycles. The second-order valence-corrected chi connectivity index (χ2v) is 2.36. The smallest absolute Gasteiger partial charge is 0.138 e. The largest absolute Gasteiger partial charge is 0.303 e. The fraction of sp³-hybridized carbons (Fsp3) is 0.571. The summed E-state index contributed by atoms with van der Waals surface area (Å²) in [4.78, 5) is 14.0. The monoisotopic (exact) mass is 153 g/mol. The molecule has 0 aliphatic heterocycles. The van der Waals surface area contributed by atoms with Crippen LogP contribution in [0, 0.1) is 0 Å². The van der Waals surface area contributed by atoms with Crippen LogP contribution in [0.1, 0.15) is 18.7 Å². The van der Waals surface area contributed by atoms with E-state index in [9.17, 15) is 4.79 Å². The highest BCUT2D eigenvalue weighted by Crippen LogP contribution is 1.97. The van der Waals surface area contributed by atoms with E-state index in [0.29, 0.717) is 6.42 Å². The second-order valence-electron chi connectivity index (χ2n) is 2.36. The average molecular weight is 153 g/mol. The first-order valence-electron chi connectivity index (χ1n) is 3.61. The highest BCUT2D eigenvalue weighted by atomic mass is 16.1. The number of aryl methyl sites for hydroxylation is 2. The van der Waals surface area contributed by atoms with Crippen LogP contribution in [0.5, 0.6) is 0 Å². The number of nitrogens with zero attached hydrogens (tertiary/aromatic N) is 3. The molecule has 0 aliphatic rings. The summed E-state index contributed by atoms with van der Waals surface area (Å²) in [5.41, 5.74) is 0. The van der Waals surface area contributed by atoms with Crippen LogP contribution in [0.25, 0.3) is 0 Å². The van der Waals surface area contributed by atoms with E-state index >= 15 is 0 Å². The van der Waals surface area contributed by atoms with Crippen molar-refractivity contribution in [1.29, 1.82) is 0 Å². The molecule has 0 N–H and O–H groups in total. The molecule has 4 nitrogen and oxygen atoms in total. The van der Waals surface area contributed by atoms with Gasteiger partial charge in [0.05, 0.1) is 0 Å². The Hall–Kier alpha value is -1.19. The van der Waals surface area contributed by atoms with Crippen molar-refractivity contribution in [3.63, 3.8) is 0 Å². The van der Waals surface area contributed by atoms with Gasteiger partial charge in [-0.2, -0.15) is 5.10 Å². The van der Waals surface area contributed by atoms with Crippen LogP contribution in [0.3, 0.4) is 0 Å². The topological polar surface area (TPSA) is 47.8 Å². The van der Waals surface area contributed by atoms with Crippen LogP contribution < -0.4 is 0 Å². The quantitative estimate of drug-likeness (QED) is 0.463. The number of aldehydes is 1. The summed E-state index contributed by atoms with van der Waals surface area (Å²) in [7, 11) is 1.85. The molecule has 60 valence electrons. The van der Waals surface area contributed by atoms with Gasteiger partial charge in [0, 0.05) is 19.9 Å². The van der Waals surface area contributed by atoms with Gasteiger partial charge in [0.2, 0.25) is 0 Å². The van der Waals surface area contributed by atoms with Crippen molar-refractivity contribution in [1.82, 2.24) is 14.8 Å². The Bertz CT molecular complexity index is 231. The molecule has 0 aromatic carbocycles. The molecule has 0 amide bonds. The number of hydrogen-bond acceptors (Lipinski definition) is 3. The van der Waals surface area contributed by atoms with E-state index in [-0.39, 0.29) is 0 Å². The number of rotatable bonds is 4. The lowest BCUT2D eigenvalue weighted by molar-refractivity contribution is -0.107. The SMILES string of the molecule is Cn1ncnc1CCCC=O. The standard InChI is InChI=1S/C7H11N3O/c1-10-7(8-6-9-10)4-2-3-5-11/h5-6H,2-4H2,1H3. The summed E-state index contributed by atoms with van der Waals surface area (Å²) in [6.07, 6.45) is 4.74. The van der Waals surface area contributed by atoms with Gasteiger partial charge in [0.25, 0.3) is 0 Å². The maximum atomic E-state index is 9.98. The fourth-order valence-corrected chi connectivity index (χ4v) is 0.890. The molecule has 0 saturated heterocycles. The fourth-order valence-electron chi connectivity index (χ4n) is 0.890. The van der Waals surface area contributed by atoms with Crippen molar-refractivity contribution in [2.45, 2.75) is 19.3 Å². The van der Waals surface area contributed by atoms with Crippen molar-refractivity contribution in [2.75, 3.05) is 0 Å². The predicted octanol–water partition coefficient (Wildman–Crippen LogP) is 0.337. The first kappa shape index (κ1) is 7.91. The molecule has 0 aliphatic carbocycles. The van der Waals surface area contributed by atoms with Gasteiger partial charge in [0.15, 0.2) is 0 Å². The molecule has 11 heavy (non-hydrogen) atoms. The summed E-state index contributed by atoms with van der Waals surface area (Å²) in [5, 5.41) is 3.91. The van der Waals surface area contributed by atoms with Crippen molar-refractivity contribution in [3.05, 3.63) is 12.2 Å². The summed E-state index contributed by atoms with van der Waals surface area (Å²) in [6.45, 7) is 0. The van der Waals surface area contributed by atoms with Crippen molar-refractivity contribution < 1.29 is 4.79 Å². The van der Waals surface area contributed by atoms with Crippen LogP contribution in [0.4, 0.5) is 0 Å². The van der Waals surface area contributed by atoms with E-state index in [4.69, 9.17) is 0 Å². The van der Waals surface area contributed by atoms with Crippen molar-refractivity contribution in [3.8, 4) is 0 Å². The third-order valence-corrected chi connectivity index (χ3v) is 1.53. The minimum Gasteiger partial charge on any atom is -0.303 e. The maximum absolute atomic E-state index is 9.98. The van der Waals surface area contributed by atoms with E-state index < -0.39 is 0 Å². The third kappa shape index (κ3) is 2.14. The lowest BCUT2D eigenvalue weighted by Gasteiger charge is -1.95. The zero-order chi connectivity index (χ0) is 8.10. The Balaban J connectivity index is 2.38. The molecule has 0 atom stereocenters. The zero-order valence-corrected chi connectivity index (χ0v) is 6.53. The van der Waals surface area contributed by atoms with Gasteiger partial charge in [-0.1, -0.05) is 0 Å². The average Bonchev–Trinajstić information content (AvgIpc) is 2.37. The first-order chi connectivity index (χ1) is 5.34. The van der Waals surface area contributed by atoms with Gasteiger partial charge in [-0.25, -0.2) is 4.98 Å². The number of aromatic nitrogens is 3. The number of unbranched alkanes of at least 4 members (excludes halogenated alkanes) is 1. The maximum Gasteiger partial charge on any atom is 0.138 e. The van der Waals surface area contributed by atoms with Gasteiger partial charge in [-0.15, -0.1) is 0 Å². The van der Waals surface area contributed by atoms with Crippen LogP contribution in [-0.4, -0.2) is 21.1 Å². The summed E-state index contributed by atoms with van der Waals surface area (Å²) >= 11 is 0. The highest BCUT2D eigenvalue weighted by molar-refractivity contribution is 5.49. The number of hydrogen-bond donors (Lipinski definition) is 0. The number of carbonyl (C=O) groups is 1. The van der Waals surface area contributed by atoms with Gasteiger partial charge in [-0.05, 0) is 6.42 Å². The highest BCUT2D eigenvalue weighted by Gasteiger charge is 1.98. The number of carbonyl (C=O) groups excluding carboxylic acids is 1. The lowest BCUT2D eigenvalue weighted by atomic mass is 10.2. The Labute approximate surface area is 65.2 Å². The Morgan fingerprint density at radius 2 is 2.55 bits per heavy atom. The van der Waals surface area contributed by atoms with E-state index in [1.54, 1.807) is 4.68 Å². The molecule has 0 saturated carbocycles. The second kappa shape index (κ2) is 3.85. The van der Waals surface area contributed by atoms with E-state index in [1.807, 2.05) is 7.05 Å². The molecule has 0 fully saturated rings. The summed E-state index contributed by atoms with van der Waals surface area (Å²) in [5.74, 6) is 0.937. The molecule has 1 aromatic heterocycles. The molecule has 0 bridgehead atoms. The molecule has 0 spiro atoms. The van der Waals surface area contributed by atoms with Crippen molar-refractivity contribution >= 4 is 6.29 Å². The normalized spacial score (nSPS) is 9.91. The summed E-state index contributed by atoms with van der Waals surface area (Å²) in [6, 6.07) is 0. The van der Waals surface area contributed by atoms with Crippen LogP contribution in [0.15, 0.2) is 6.33 Å². The zero-order valence-electron chi connectivity index (χ0n) is 6.53. The van der Waals surface area contributed by atoms with Gasteiger partial charge < -0.3 is 4.79 Å². The molecule has 1 rings (SSSR count). The van der Waals surface area contributed by atoms with E-state index in [1.165, 1.54) is 6.33 Å². The Kier molecular flexibility index (Phi) is 2.77. The van der Waals surface area contributed by atoms with Crippen LogP contribution in [0.2, 0.25) is 0 Å². The molecular formula is C7H11N3O. The van der Waals surface area contributed by atoms with E-state index in [0.717, 1.165) is 25.0 Å². The minimum atomic E-state index is 0.604. The minimum absolute atomic E-state index is 0.604. The molecule has 4 heteroatoms. The van der Waals surface area contributed by atoms with Crippen LogP contribution >= 0.6 is 0 Å². The van der Waals surface area contributed by atoms with Gasteiger partial charge in [-0.3, -0.25) is 4.68 Å². The van der Waals surface area contributed by atoms with Crippen LogP contribution in [-0.2, 0) is 18.3 Å². The molecular weight excluding hydrogens is 142 g/mol. The Morgan fingerprint density at radius 1 is 1.73 bits per heavy atom. The third-order valence-electron chi connectivity index (χ3n) is 1.53. The molecule has 0 radical (unpaired) electrons. The molecule has 0 unspecified atom stereocenters. The van der Waals surface area contributed by atoms with Gasteiger partial charge >= 0.3 is 0 Å². The predicted molar refractivity (Wildman–Crippen MR) is 40.0 cm³/mol. The molecule has 1 aromatic rings. The van der Waals surface area contributed by atoms with Gasteiger partial charge in [0.1, 0.15) is 18.4 Å².